The van der Waals surface area contributed by atoms with Gasteiger partial charge in [-0.3, -0.25) is 9.79 Å². The van der Waals surface area contributed by atoms with E-state index in [1.807, 2.05) is 37.3 Å². The molecule has 1 aromatic carbocycles. The molecule has 22 heavy (non-hydrogen) atoms. The number of hydrogen-bond acceptors (Lipinski definition) is 5. The summed E-state index contributed by atoms with van der Waals surface area (Å²) in [4.78, 5) is 27.7. The summed E-state index contributed by atoms with van der Waals surface area (Å²) in [5.41, 5.74) is 0.825. The Balaban J connectivity index is 2.47. The van der Waals surface area contributed by atoms with Crippen molar-refractivity contribution in [3.63, 3.8) is 0 Å². The van der Waals surface area contributed by atoms with Crippen LogP contribution in [0.4, 0.5) is 4.79 Å². The number of nitrogens with one attached hydrogen (secondary N) is 1. The van der Waals surface area contributed by atoms with Gasteiger partial charge in [-0.2, -0.15) is 0 Å². The summed E-state index contributed by atoms with van der Waals surface area (Å²) in [5, 5.41) is 2.76. The molecule has 0 amide bonds. The highest BCUT2D eigenvalue weighted by atomic mass is 16.7. The van der Waals surface area contributed by atoms with Crippen molar-refractivity contribution in [3.05, 3.63) is 35.9 Å². The van der Waals surface area contributed by atoms with Gasteiger partial charge in [0.15, 0.2) is 0 Å². The number of carbonyl (C=O) groups is 2. The van der Waals surface area contributed by atoms with Gasteiger partial charge in [-0.25, -0.2) is 4.79 Å². The van der Waals surface area contributed by atoms with Crippen LogP contribution in [0.15, 0.2) is 35.3 Å². The SMILES string of the molecule is CCC(C(=O)OC(=O)OCc1ccccc1)C(C)/N=C\NC. The van der Waals surface area contributed by atoms with Crippen molar-refractivity contribution in [3.8, 4) is 0 Å². The molecule has 0 aliphatic heterocycles. The summed E-state index contributed by atoms with van der Waals surface area (Å²) in [5.74, 6) is -1.12. The topological polar surface area (TPSA) is 77.0 Å². The fraction of sp³-hybridized carbons (Fsp3) is 0.438. The van der Waals surface area contributed by atoms with E-state index in [1.165, 1.54) is 6.34 Å². The highest BCUT2D eigenvalue weighted by molar-refractivity contribution is 5.84. The number of hydrogen-bond donors (Lipinski definition) is 1. The highest BCUT2D eigenvalue weighted by Gasteiger charge is 2.27. The van der Waals surface area contributed by atoms with Crippen molar-refractivity contribution in [2.45, 2.75) is 32.9 Å². The molecule has 2 unspecified atom stereocenters. The number of esters is 1. The predicted molar refractivity (Wildman–Crippen MR) is 83.5 cm³/mol. The number of aliphatic imine (C=N–C) groups is 1. The van der Waals surface area contributed by atoms with Gasteiger partial charge in [0.05, 0.1) is 18.3 Å². The fourth-order valence-electron chi connectivity index (χ4n) is 1.90. The molecule has 0 heterocycles. The summed E-state index contributed by atoms with van der Waals surface area (Å²) >= 11 is 0. The minimum atomic E-state index is -0.989. The van der Waals surface area contributed by atoms with Crippen LogP contribution in [-0.4, -0.2) is 31.6 Å². The number of carbonyl (C=O) groups excluding carboxylic acids is 2. The maximum atomic E-state index is 12.0. The van der Waals surface area contributed by atoms with E-state index < -0.39 is 18.0 Å². The molecular formula is C16H22N2O4. The van der Waals surface area contributed by atoms with Crippen LogP contribution in [0.1, 0.15) is 25.8 Å². The molecule has 6 nitrogen and oxygen atoms in total. The van der Waals surface area contributed by atoms with E-state index in [4.69, 9.17) is 9.47 Å². The van der Waals surface area contributed by atoms with Crippen LogP contribution < -0.4 is 5.32 Å². The molecule has 1 rings (SSSR count). The average molecular weight is 306 g/mol. The molecule has 0 radical (unpaired) electrons. The van der Waals surface area contributed by atoms with Gasteiger partial charge in [0, 0.05) is 7.05 Å². The first-order valence-corrected chi connectivity index (χ1v) is 7.19. The van der Waals surface area contributed by atoms with E-state index in [-0.39, 0.29) is 12.6 Å². The van der Waals surface area contributed by atoms with Crippen LogP contribution in [-0.2, 0) is 20.9 Å². The van der Waals surface area contributed by atoms with Gasteiger partial charge in [0.1, 0.15) is 6.61 Å². The first kappa shape index (κ1) is 17.7. The van der Waals surface area contributed by atoms with Crippen LogP contribution in [0.3, 0.4) is 0 Å². The first-order chi connectivity index (χ1) is 10.6. The largest absolute Gasteiger partial charge is 0.516 e. The molecule has 0 saturated carbocycles. The van der Waals surface area contributed by atoms with Gasteiger partial charge >= 0.3 is 12.1 Å². The standard InChI is InChI=1S/C16H22N2O4/c1-4-14(12(2)18-11-17-3)15(19)22-16(20)21-10-13-8-6-5-7-9-13/h5-9,11-12,14H,4,10H2,1-3H3,(H,17,18). The summed E-state index contributed by atoms with van der Waals surface area (Å²) in [6.45, 7) is 3.70. The molecule has 6 heteroatoms. The zero-order chi connectivity index (χ0) is 16.4. The zero-order valence-corrected chi connectivity index (χ0v) is 13.1. The molecule has 120 valence electrons. The Morgan fingerprint density at radius 3 is 2.59 bits per heavy atom. The molecular weight excluding hydrogens is 284 g/mol. The Hall–Kier alpha value is -2.37. The van der Waals surface area contributed by atoms with Gasteiger partial charge in [-0.1, -0.05) is 37.3 Å². The zero-order valence-electron chi connectivity index (χ0n) is 13.1. The Morgan fingerprint density at radius 2 is 2.00 bits per heavy atom. The molecule has 0 aromatic heterocycles. The number of nitrogens with zero attached hydrogens (tertiary/aromatic N) is 1. The number of ether oxygens (including phenoxy) is 2. The molecule has 0 fully saturated rings. The van der Waals surface area contributed by atoms with Crippen LogP contribution in [0.25, 0.3) is 0 Å². The van der Waals surface area contributed by atoms with Crippen molar-refractivity contribution in [1.82, 2.24) is 5.32 Å². The Kier molecular flexibility index (Phi) is 7.67. The minimum absolute atomic E-state index is 0.0667. The molecule has 2 atom stereocenters. The molecule has 1 aromatic rings. The smallest absolute Gasteiger partial charge is 0.429 e. The van der Waals surface area contributed by atoms with Crippen molar-refractivity contribution >= 4 is 18.5 Å². The minimum Gasteiger partial charge on any atom is -0.429 e. The Morgan fingerprint density at radius 1 is 1.32 bits per heavy atom. The van der Waals surface area contributed by atoms with Crippen molar-refractivity contribution < 1.29 is 19.1 Å². The molecule has 1 N–H and O–H groups in total. The van der Waals surface area contributed by atoms with E-state index in [0.29, 0.717) is 6.42 Å². The second-order valence-corrected chi connectivity index (χ2v) is 4.77. The second-order valence-electron chi connectivity index (χ2n) is 4.77. The predicted octanol–water partition coefficient (Wildman–Crippen LogP) is 2.53. The van der Waals surface area contributed by atoms with Gasteiger partial charge in [0.2, 0.25) is 0 Å². The first-order valence-electron chi connectivity index (χ1n) is 7.19. The van der Waals surface area contributed by atoms with Gasteiger partial charge in [0.25, 0.3) is 0 Å². The average Bonchev–Trinajstić information content (AvgIpc) is 2.52. The monoisotopic (exact) mass is 306 g/mol. The van der Waals surface area contributed by atoms with Crippen molar-refractivity contribution in [2.24, 2.45) is 10.9 Å². The lowest BCUT2D eigenvalue weighted by atomic mass is 9.99. The highest BCUT2D eigenvalue weighted by Crippen LogP contribution is 2.14. The number of rotatable bonds is 7. The maximum Gasteiger partial charge on any atom is 0.516 e. The third kappa shape index (κ3) is 5.95. The molecule has 0 aliphatic carbocycles. The van der Waals surface area contributed by atoms with E-state index in [2.05, 4.69) is 10.3 Å². The van der Waals surface area contributed by atoms with Crippen LogP contribution in [0.2, 0.25) is 0 Å². The van der Waals surface area contributed by atoms with Gasteiger partial charge in [-0.05, 0) is 18.9 Å². The second kappa shape index (κ2) is 9.55. The summed E-state index contributed by atoms with van der Waals surface area (Å²) in [7, 11) is 1.72. The van der Waals surface area contributed by atoms with E-state index in [9.17, 15) is 9.59 Å². The van der Waals surface area contributed by atoms with Gasteiger partial charge < -0.3 is 14.8 Å². The maximum absolute atomic E-state index is 12.0. The molecule has 0 spiro atoms. The Bertz CT molecular complexity index is 502. The van der Waals surface area contributed by atoms with E-state index in [0.717, 1.165) is 5.56 Å². The quantitative estimate of drug-likeness (QED) is 0.362. The lowest BCUT2D eigenvalue weighted by molar-refractivity contribution is -0.145. The van der Waals surface area contributed by atoms with Crippen molar-refractivity contribution in [1.29, 1.82) is 0 Å². The summed E-state index contributed by atoms with van der Waals surface area (Å²) < 4.78 is 9.65. The van der Waals surface area contributed by atoms with E-state index >= 15 is 0 Å². The summed E-state index contributed by atoms with van der Waals surface area (Å²) in [6, 6.07) is 8.89. The lowest BCUT2D eigenvalue weighted by Crippen LogP contribution is -2.29. The van der Waals surface area contributed by atoms with Crippen molar-refractivity contribution in [2.75, 3.05) is 7.05 Å². The lowest BCUT2D eigenvalue weighted by Gasteiger charge is -2.16. The van der Waals surface area contributed by atoms with Gasteiger partial charge in [-0.15, -0.1) is 0 Å². The van der Waals surface area contributed by atoms with Crippen LogP contribution >= 0.6 is 0 Å². The van der Waals surface area contributed by atoms with Crippen LogP contribution in [0.5, 0.6) is 0 Å². The normalized spacial score (nSPS) is 13.4. The van der Waals surface area contributed by atoms with E-state index in [1.54, 1.807) is 14.0 Å². The summed E-state index contributed by atoms with van der Waals surface area (Å²) in [6.07, 6.45) is 1.04. The number of benzene rings is 1. The molecule has 0 saturated heterocycles. The fourth-order valence-corrected chi connectivity index (χ4v) is 1.90. The van der Waals surface area contributed by atoms with Crippen LogP contribution in [0, 0.1) is 5.92 Å². The third-order valence-electron chi connectivity index (χ3n) is 3.15. The Labute approximate surface area is 130 Å². The molecule has 0 aliphatic rings. The third-order valence-corrected chi connectivity index (χ3v) is 3.15. The molecule has 0 bridgehead atoms.